The van der Waals surface area contributed by atoms with E-state index in [0.717, 1.165) is 9.36 Å². The molecule has 0 unspecified atom stereocenters. The summed E-state index contributed by atoms with van der Waals surface area (Å²) in [6.45, 7) is -0.305. The molecule has 0 atom stereocenters. The van der Waals surface area contributed by atoms with Crippen molar-refractivity contribution in [1.29, 1.82) is 5.26 Å². The van der Waals surface area contributed by atoms with Crippen LogP contribution in [0.4, 0.5) is 10.1 Å². The average molecular weight is 401 g/mol. The van der Waals surface area contributed by atoms with Crippen LogP contribution >= 0.6 is 11.6 Å². The van der Waals surface area contributed by atoms with Crippen molar-refractivity contribution in [1.82, 2.24) is 19.8 Å². The number of para-hydroxylation sites is 1. The Kier molecular flexibility index (Phi) is 5.81. The highest BCUT2D eigenvalue weighted by molar-refractivity contribution is 6.32. The molecule has 142 valence electrons. The fraction of sp³-hybridized carbons (Fsp3) is 0.167. The SMILES string of the molecule is N#CCCN(C(=O)Cn1nnn(-c2ccccc2Cl)c1=O)c1ccc(F)cc1. The third-order valence-corrected chi connectivity index (χ3v) is 4.21. The van der Waals surface area contributed by atoms with Crippen LogP contribution in [0, 0.1) is 17.1 Å². The Morgan fingerprint density at radius 1 is 1.18 bits per heavy atom. The van der Waals surface area contributed by atoms with Crippen molar-refractivity contribution in [2.45, 2.75) is 13.0 Å². The monoisotopic (exact) mass is 400 g/mol. The molecule has 28 heavy (non-hydrogen) atoms. The lowest BCUT2D eigenvalue weighted by atomic mass is 10.2. The van der Waals surface area contributed by atoms with Crippen molar-refractivity contribution in [3.8, 4) is 11.8 Å². The molecule has 1 aromatic heterocycles. The number of anilines is 1. The molecule has 0 saturated heterocycles. The molecular formula is C18H14ClFN6O2. The van der Waals surface area contributed by atoms with Crippen LogP contribution in [0.2, 0.25) is 5.02 Å². The number of hydrogen-bond acceptors (Lipinski definition) is 5. The molecule has 0 bridgehead atoms. The normalized spacial score (nSPS) is 10.5. The van der Waals surface area contributed by atoms with Crippen LogP contribution in [0.3, 0.4) is 0 Å². The molecule has 2 aromatic carbocycles. The minimum atomic E-state index is -0.638. The molecule has 0 aliphatic rings. The minimum Gasteiger partial charge on any atom is -0.310 e. The molecule has 0 saturated carbocycles. The van der Waals surface area contributed by atoms with E-state index in [1.807, 2.05) is 6.07 Å². The molecule has 3 aromatic rings. The summed E-state index contributed by atoms with van der Waals surface area (Å²) in [6, 6.07) is 13.8. The second-order valence-corrected chi connectivity index (χ2v) is 6.12. The lowest BCUT2D eigenvalue weighted by Crippen LogP contribution is -2.37. The highest BCUT2D eigenvalue weighted by Crippen LogP contribution is 2.17. The summed E-state index contributed by atoms with van der Waals surface area (Å²) >= 11 is 6.07. The Labute approximate surface area is 164 Å². The fourth-order valence-corrected chi connectivity index (χ4v) is 2.76. The molecule has 0 spiro atoms. The molecule has 0 N–H and O–H groups in total. The van der Waals surface area contributed by atoms with E-state index >= 15 is 0 Å². The summed E-state index contributed by atoms with van der Waals surface area (Å²) < 4.78 is 15.1. The number of rotatable bonds is 6. The number of carbonyl (C=O) groups excluding carboxylic acids is 1. The van der Waals surface area contributed by atoms with Gasteiger partial charge in [-0.25, -0.2) is 9.18 Å². The van der Waals surface area contributed by atoms with Gasteiger partial charge in [-0.3, -0.25) is 4.79 Å². The average Bonchev–Trinajstić information content (AvgIpc) is 3.04. The Morgan fingerprint density at radius 3 is 2.57 bits per heavy atom. The van der Waals surface area contributed by atoms with Crippen LogP contribution in [0.1, 0.15) is 6.42 Å². The van der Waals surface area contributed by atoms with Crippen LogP contribution in [-0.2, 0) is 11.3 Å². The predicted molar refractivity (Wildman–Crippen MR) is 99.6 cm³/mol. The maximum atomic E-state index is 13.2. The molecule has 0 fully saturated rings. The number of benzene rings is 2. The zero-order chi connectivity index (χ0) is 20.1. The summed E-state index contributed by atoms with van der Waals surface area (Å²) in [7, 11) is 0. The zero-order valence-corrected chi connectivity index (χ0v) is 15.3. The van der Waals surface area contributed by atoms with Gasteiger partial charge >= 0.3 is 5.69 Å². The molecular weight excluding hydrogens is 387 g/mol. The van der Waals surface area contributed by atoms with E-state index in [2.05, 4.69) is 10.4 Å². The molecule has 3 rings (SSSR count). The summed E-state index contributed by atoms with van der Waals surface area (Å²) in [5.74, 6) is -0.939. The molecule has 1 heterocycles. The first-order valence-corrected chi connectivity index (χ1v) is 8.59. The zero-order valence-electron chi connectivity index (χ0n) is 14.5. The van der Waals surface area contributed by atoms with Gasteiger partial charge in [-0.15, -0.1) is 0 Å². The van der Waals surface area contributed by atoms with E-state index in [-0.39, 0.29) is 13.0 Å². The lowest BCUT2D eigenvalue weighted by Gasteiger charge is -2.21. The second kappa shape index (κ2) is 8.45. The van der Waals surface area contributed by atoms with Crippen LogP contribution < -0.4 is 10.6 Å². The van der Waals surface area contributed by atoms with Gasteiger partial charge in [-0.1, -0.05) is 23.7 Å². The third kappa shape index (κ3) is 4.07. The largest absolute Gasteiger partial charge is 0.369 e. The second-order valence-electron chi connectivity index (χ2n) is 5.71. The summed E-state index contributed by atoms with van der Waals surface area (Å²) in [6.07, 6.45) is 0.0737. The highest BCUT2D eigenvalue weighted by Gasteiger charge is 2.20. The number of tetrazole rings is 1. The maximum absolute atomic E-state index is 13.2. The molecule has 0 aliphatic carbocycles. The topological polar surface area (TPSA) is 96.8 Å². The molecule has 0 aliphatic heterocycles. The van der Waals surface area contributed by atoms with Crippen molar-refractivity contribution < 1.29 is 9.18 Å². The van der Waals surface area contributed by atoms with Crippen LogP contribution in [0.5, 0.6) is 0 Å². The van der Waals surface area contributed by atoms with Crippen molar-refractivity contribution >= 4 is 23.2 Å². The first kappa shape index (κ1) is 19.3. The predicted octanol–water partition coefficient (Wildman–Crippen LogP) is 2.17. The number of hydrogen-bond donors (Lipinski definition) is 0. The van der Waals surface area contributed by atoms with E-state index < -0.39 is 24.0 Å². The first-order chi connectivity index (χ1) is 13.5. The van der Waals surface area contributed by atoms with E-state index in [1.54, 1.807) is 24.3 Å². The first-order valence-electron chi connectivity index (χ1n) is 8.22. The van der Waals surface area contributed by atoms with Gasteiger partial charge in [0.05, 0.1) is 23.2 Å². The Balaban J connectivity index is 1.86. The Hall–Kier alpha value is -3.51. The number of amides is 1. The van der Waals surface area contributed by atoms with Crippen molar-refractivity contribution in [2.75, 3.05) is 11.4 Å². The van der Waals surface area contributed by atoms with Crippen molar-refractivity contribution in [2.24, 2.45) is 0 Å². The number of nitriles is 1. The van der Waals surface area contributed by atoms with Gasteiger partial charge in [0.1, 0.15) is 12.4 Å². The number of halogens is 2. The number of carbonyl (C=O) groups is 1. The van der Waals surface area contributed by atoms with Gasteiger partial charge < -0.3 is 4.90 Å². The fourth-order valence-electron chi connectivity index (χ4n) is 2.54. The van der Waals surface area contributed by atoms with E-state index in [9.17, 15) is 14.0 Å². The van der Waals surface area contributed by atoms with Crippen LogP contribution in [0.25, 0.3) is 5.69 Å². The number of aromatic nitrogens is 4. The van der Waals surface area contributed by atoms with Crippen LogP contribution in [-0.4, -0.2) is 32.2 Å². The van der Waals surface area contributed by atoms with Gasteiger partial charge in [-0.2, -0.15) is 14.6 Å². The maximum Gasteiger partial charge on any atom is 0.369 e. The Bertz CT molecular complexity index is 1090. The highest BCUT2D eigenvalue weighted by atomic mass is 35.5. The van der Waals surface area contributed by atoms with E-state index in [0.29, 0.717) is 16.4 Å². The van der Waals surface area contributed by atoms with Crippen molar-refractivity contribution in [3.63, 3.8) is 0 Å². The third-order valence-electron chi connectivity index (χ3n) is 3.89. The molecule has 0 radical (unpaired) electrons. The molecule has 10 heteroatoms. The summed E-state index contributed by atoms with van der Waals surface area (Å²) in [5.41, 5.74) is 0.113. The standard InChI is InChI=1S/C18H14ClFN6O2/c19-15-4-1-2-5-16(15)26-18(28)25(22-23-26)12-17(27)24(11-3-10-21)14-8-6-13(20)7-9-14/h1-2,4-9H,3,11-12H2. The van der Waals surface area contributed by atoms with Gasteiger partial charge in [0.2, 0.25) is 5.91 Å². The summed E-state index contributed by atoms with van der Waals surface area (Å²) in [5, 5.41) is 16.6. The van der Waals surface area contributed by atoms with Gasteiger partial charge in [-0.05, 0) is 46.8 Å². The molecule has 1 amide bonds. The molecule has 8 nitrogen and oxygen atoms in total. The van der Waals surface area contributed by atoms with E-state index in [1.165, 1.54) is 29.2 Å². The summed E-state index contributed by atoms with van der Waals surface area (Å²) in [4.78, 5) is 26.6. The Morgan fingerprint density at radius 2 is 1.89 bits per heavy atom. The quantitative estimate of drug-likeness (QED) is 0.631. The van der Waals surface area contributed by atoms with Gasteiger partial charge in [0, 0.05) is 12.2 Å². The lowest BCUT2D eigenvalue weighted by molar-refractivity contribution is -0.119. The van der Waals surface area contributed by atoms with Gasteiger partial charge in [0.15, 0.2) is 0 Å². The van der Waals surface area contributed by atoms with Gasteiger partial charge in [0.25, 0.3) is 0 Å². The van der Waals surface area contributed by atoms with Crippen molar-refractivity contribution in [3.05, 3.63) is 69.9 Å². The smallest absolute Gasteiger partial charge is 0.310 e. The van der Waals surface area contributed by atoms with Crippen LogP contribution in [0.15, 0.2) is 53.3 Å². The number of nitrogens with zero attached hydrogens (tertiary/aromatic N) is 6. The minimum absolute atomic E-state index is 0.0737. The van der Waals surface area contributed by atoms with E-state index in [4.69, 9.17) is 16.9 Å².